The van der Waals surface area contributed by atoms with E-state index < -0.39 is 5.82 Å². The SMILES string of the molecule is Cc1cc(-c2nnn[nH]2)ccc1Oc1ncc(Cl)cc1F. The van der Waals surface area contributed by atoms with Crippen LogP contribution in [0.2, 0.25) is 5.02 Å². The quantitative estimate of drug-likeness (QED) is 0.804. The molecular formula is C13H9ClFN5O. The van der Waals surface area contributed by atoms with E-state index in [1.165, 1.54) is 6.20 Å². The largest absolute Gasteiger partial charge is 0.436 e. The lowest BCUT2D eigenvalue weighted by Crippen LogP contribution is -1.94. The highest BCUT2D eigenvalue weighted by Gasteiger charge is 2.11. The highest BCUT2D eigenvalue weighted by molar-refractivity contribution is 6.30. The Bertz CT molecular complexity index is 778. The standard InChI is InChI=1S/C13H9ClFN5O/c1-7-4-8(12-17-19-20-18-12)2-3-11(7)21-13-10(15)5-9(14)6-16-13/h2-6H,1H3,(H,17,18,19,20). The average Bonchev–Trinajstić information content (AvgIpc) is 2.98. The molecule has 0 fully saturated rings. The van der Waals surface area contributed by atoms with Crippen molar-refractivity contribution in [2.75, 3.05) is 0 Å². The lowest BCUT2D eigenvalue weighted by molar-refractivity contribution is 0.420. The van der Waals surface area contributed by atoms with Gasteiger partial charge in [0.2, 0.25) is 0 Å². The Labute approximate surface area is 123 Å². The number of halogens is 2. The van der Waals surface area contributed by atoms with Gasteiger partial charge in [-0.1, -0.05) is 11.6 Å². The number of nitrogens with one attached hydrogen (secondary N) is 1. The molecule has 8 heteroatoms. The van der Waals surface area contributed by atoms with Crippen LogP contribution in [0.1, 0.15) is 5.56 Å². The molecule has 0 saturated carbocycles. The number of aryl methyl sites for hydroxylation is 1. The Morgan fingerprint density at radius 3 is 2.81 bits per heavy atom. The molecule has 0 aliphatic rings. The summed E-state index contributed by atoms with van der Waals surface area (Å²) in [5, 5.41) is 13.7. The molecule has 0 atom stereocenters. The lowest BCUT2D eigenvalue weighted by atomic mass is 10.1. The van der Waals surface area contributed by atoms with Gasteiger partial charge in [-0.05, 0) is 47.2 Å². The maximum atomic E-state index is 13.7. The Kier molecular flexibility index (Phi) is 3.49. The highest BCUT2D eigenvalue weighted by Crippen LogP contribution is 2.29. The first-order chi connectivity index (χ1) is 10.1. The molecule has 0 spiro atoms. The molecule has 106 valence electrons. The smallest absolute Gasteiger partial charge is 0.255 e. The van der Waals surface area contributed by atoms with Crippen LogP contribution in [-0.2, 0) is 0 Å². The van der Waals surface area contributed by atoms with E-state index in [1.807, 2.05) is 13.0 Å². The van der Waals surface area contributed by atoms with Crippen molar-refractivity contribution >= 4 is 11.6 Å². The van der Waals surface area contributed by atoms with Gasteiger partial charge in [-0.3, -0.25) is 0 Å². The number of tetrazole rings is 1. The Hall–Kier alpha value is -2.54. The number of H-pyrrole nitrogens is 1. The molecule has 3 aromatic rings. The Morgan fingerprint density at radius 1 is 1.29 bits per heavy atom. The minimum absolute atomic E-state index is 0.128. The monoisotopic (exact) mass is 305 g/mol. The molecule has 0 aliphatic carbocycles. The molecule has 3 rings (SSSR count). The molecule has 21 heavy (non-hydrogen) atoms. The molecule has 2 aromatic heterocycles. The summed E-state index contributed by atoms with van der Waals surface area (Å²) in [5.41, 5.74) is 1.59. The number of nitrogens with zero attached hydrogens (tertiary/aromatic N) is 4. The number of pyridine rings is 1. The van der Waals surface area contributed by atoms with Crippen LogP contribution in [0.5, 0.6) is 11.6 Å². The molecule has 0 aliphatic heterocycles. The maximum Gasteiger partial charge on any atom is 0.255 e. The van der Waals surface area contributed by atoms with Crippen molar-refractivity contribution in [2.45, 2.75) is 6.92 Å². The third-order valence-corrected chi connectivity index (χ3v) is 2.98. The van der Waals surface area contributed by atoms with Crippen LogP contribution in [0.3, 0.4) is 0 Å². The lowest BCUT2D eigenvalue weighted by Gasteiger charge is -2.09. The maximum absolute atomic E-state index is 13.7. The fourth-order valence-electron chi connectivity index (χ4n) is 1.77. The third kappa shape index (κ3) is 2.82. The van der Waals surface area contributed by atoms with E-state index in [1.54, 1.807) is 12.1 Å². The molecule has 1 N–H and O–H groups in total. The Balaban J connectivity index is 1.89. The number of ether oxygens (including phenoxy) is 1. The molecule has 0 unspecified atom stereocenters. The summed E-state index contributed by atoms with van der Waals surface area (Å²) in [4.78, 5) is 3.82. The van der Waals surface area contributed by atoms with Crippen molar-refractivity contribution in [3.63, 3.8) is 0 Å². The first-order valence-corrected chi connectivity index (χ1v) is 6.35. The van der Waals surface area contributed by atoms with Crippen molar-refractivity contribution in [3.8, 4) is 23.0 Å². The molecular weight excluding hydrogens is 297 g/mol. The summed E-state index contributed by atoms with van der Waals surface area (Å²) in [6.07, 6.45) is 1.32. The average molecular weight is 306 g/mol. The van der Waals surface area contributed by atoms with Gasteiger partial charge in [0, 0.05) is 11.8 Å². The van der Waals surface area contributed by atoms with Gasteiger partial charge in [0.15, 0.2) is 11.6 Å². The second-order valence-electron chi connectivity index (χ2n) is 4.27. The first-order valence-electron chi connectivity index (χ1n) is 5.97. The molecule has 0 radical (unpaired) electrons. The predicted octanol–water partition coefficient (Wildman–Crippen LogP) is 3.15. The normalized spacial score (nSPS) is 10.6. The summed E-state index contributed by atoms with van der Waals surface area (Å²) in [5.74, 6) is 0.280. The topological polar surface area (TPSA) is 76.6 Å². The van der Waals surface area contributed by atoms with Crippen LogP contribution in [0.4, 0.5) is 4.39 Å². The summed E-state index contributed by atoms with van der Waals surface area (Å²) in [6.45, 7) is 1.83. The van der Waals surface area contributed by atoms with Gasteiger partial charge in [-0.15, -0.1) is 5.10 Å². The van der Waals surface area contributed by atoms with Crippen molar-refractivity contribution in [2.24, 2.45) is 0 Å². The first kappa shape index (κ1) is 13.4. The molecule has 2 heterocycles. The van der Waals surface area contributed by atoms with Crippen LogP contribution < -0.4 is 4.74 Å². The van der Waals surface area contributed by atoms with Crippen LogP contribution in [-0.4, -0.2) is 25.6 Å². The van der Waals surface area contributed by atoms with Crippen molar-refractivity contribution in [1.82, 2.24) is 25.6 Å². The van der Waals surface area contributed by atoms with Gasteiger partial charge in [0.05, 0.1) is 5.02 Å². The van der Waals surface area contributed by atoms with Crippen molar-refractivity contribution < 1.29 is 9.13 Å². The zero-order valence-electron chi connectivity index (χ0n) is 10.8. The highest BCUT2D eigenvalue weighted by atomic mass is 35.5. The number of benzene rings is 1. The zero-order chi connectivity index (χ0) is 14.8. The van der Waals surface area contributed by atoms with Crippen molar-refractivity contribution in [3.05, 3.63) is 46.9 Å². The van der Waals surface area contributed by atoms with Crippen LogP contribution in [0.25, 0.3) is 11.4 Å². The molecule has 1 aromatic carbocycles. The minimum atomic E-state index is -0.620. The van der Waals surface area contributed by atoms with Crippen LogP contribution in [0.15, 0.2) is 30.5 Å². The van der Waals surface area contributed by atoms with E-state index in [0.29, 0.717) is 11.6 Å². The summed E-state index contributed by atoms with van der Waals surface area (Å²) in [7, 11) is 0. The summed E-state index contributed by atoms with van der Waals surface area (Å²) in [6, 6.07) is 6.43. The zero-order valence-corrected chi connectivity index (χ0v) is 11.6. The Morgan fingerprint density at radius 2 is 2.14 bits per heavy atom. The molecule has 0 bridgehead atoms. The van der Waals surface area contributed by atoms with E-state index in [4.69, 9.17) is 16.3 Å². The molecule has 0 amide bonds. The van der Waals surface area contributed by atoms with E-state index in [-0.39, 0.29) is 10.9 Å². The van der Waals surface area contributed by atoms with Gasteiger partial charge in [0.25, 0.3) is 5.88 Å². The van der Waals surface area contributed by atoms with Crippen LogP contribution >= 0.6 is 11.6 Å². The number of aromatic amines is 1. The van der Waals surface area contributed by atoms with E-state index in [2.05, 4.69) is 25.6 Å². The van der Waals surface area contributed by atoms with E-state index >= 15 is 0 Å². The van der Waals surface area contributed by atoms with Gasteiger partial charge in [-0.25, -0.2) is 14.5 Å². The van der Waals surface area contributed by atoms with Gasteiger partial charge in [0.1, 0.15) is 5.75 Å². The van der Waals surface area contributed by atoms with E-state index in [9.17, 15) is 4.39 Å². The summed E-state index contributed by atoms with van der Waals surface area (Å²) < 4.78 is 19.1. The third-order valence-electron chi connectivity index (χ3n) is 2.77. The number of aromatic nitrogens is 5. The summed E-state index contributed by atoms with van der Waals surface area (Å²) >= 11 is 5.65. The molecule has 6 nitrogen and oxygen atoms in total. The van der Waals surface area contributed by atoms with Crippen LogP contribution in [0, 0.1) is 12.7 Å². The fourth-order valence-corrected chi connectivity index (χ4v) is 1.92. The number of hydrogen-bond donors (Lipinski definition) is 1. The van der Waals surface area contributed by atoms with E-state index in [0.717, 1.165) is 17.2 Å². The van der Waals surface area contributed by atoms with Crippen molar-refractivity contribution in [1.29, 1.82) is 0 Å². The van der Waals surface area contributed by atoms with Gasteiger partial charge in [-0.2, -0.15) is 0 Å². The second-order valence-corrected chi connectivity index (χ2v) is 4.71. The number of hydrogen-bond acceptors (Lipinski definition) is 5. The van der Waals surface area contributed by atoms with Gasteiger partial charge >= 0.3 is 0 Å². The molecule has 0 saturated heterocycles. The minimum Gasteiger partial charge on any atom is -0.436 e. The number of rotatable bonds is 3. The second kappa shape index (κ2) is 5.45. The predicted molar refractivity (Wildman–Crippen MR) is 73.6 cm³/mol. The van der Waals surface area contributed by atoms with Gasteiger partial charge < -0.3 is 4.74 Å². The fraction of sp³-hybridized carbons (Fsp3) is 0.0769.